The summed E-state index contributed by atoms with van der Waals surface area (Å²) in [7, 11) is 0. The zero-order chi connectivity index (χ0) is 17.3. The topological polar surface area (TPSA) is 90.4 Å². The van der Waals surface area contributed by atoms with Crippen molar-refractivity contribution in [1.29, 1.82) is 0 Å². The molecule has 2 aromatic heterocycles. The van der Waals surface area contributed by atoms with E-state index in [-0.39, 0.29) is 0 Å². The Labute approximate surface area is 148 Å². The minimum absolute atomic E-state index is 0.348. The van der Waals surface area contributed by atoms with Crippen LogP contribution in [0.15, 0.2) is 6.20 Å². The quantitative estimate of drug-likeness (QED) is 0.781. The molecule has 0 radical (unpaired) electrons. The summed E-state index contributed by atoms with van der Waals surface area (Å²) in [6, 6.07) is 0.348. The number of imidazole rings is 1. The summed E-state index contributed by atoms with van der Waals surface area (Å²) in [5, 5.41) is 7.95. The third-order valence-corrected chi connectivity index (χ3v) is 5.83. The Morgan fingerprint density at radius 1 is 1.36 bits per heavy atom. The first-order valence-corrected chi connectivity index (χ1v) is 9.53. The lowest BCUT2D eigenvalue weighted by atomic mass is 9.66. The molecule has 4 rings (SSSR count). The molecule has 136 valence electrons. The summed E-state index contributed by atoms with van der Waals surface area (Å²) < 4.78 is 7.47. The zero-order valence-corrected chi connectivity index (χ0v) is 15.0. The van der Waals surface area contributed by atoms with Gasteiger partial charge in [0.25, 0.3) is 0 Å². The number of anilines is 1. The third kappa shape index (κ3) is 3.29. The minimum atomic E-state index is 0.348. The minimum Gasteiger partial charge on any atom is -0.462 e. The van der Waals surface area contributed by atoms with Crippen molar-refractivity contribution in [1.82, 2.24) is 24.9 Å². The van der Waals surface area contributed by atoms with Crippen LogP contribution in [0, 0.1) is 11.3 Å². The average Bonchev–Trinajstić information content (AvgIpc) is 2.98. The van der Waals surface area contributed by atoms with Gasteiger partial charge in [0.15, 0.2) is 11.5 Å². The van der Waals surface area contributed by atoms with Gasteiger partial charge in [-0.1, -0.05) is 13.3 Å². The van der Waals surface area contributed by atoms with E-state index in [1.54, 1.807) is 0 Å². The number of rotatable bonds is 6. The maximum absolute atomic E-state index is 6.05. The molecule has 1 aliphatic heterocycles. The first-order valence-electron chi connectivity index (χ1n) is 9.53. The van der Waals surface area contributed by atoms with Crippen LogP contribution in [0.25, 0.3) is 5.65 Å². The standard InChI is InChI=1S/C18H28N6O/c1-2-3-8-25-17-22-15(19)16-21-10-14(24(16)23-17)9-13-4-6-18(7-5-13)11-20-12-18/h10,13,20H,2-9,11-12H2,1H3,(H2,19,22,23). The van der Waals surface area contributed by atoms with Gasteiger partial charge in [-0.25, -0.2) is 9.50 Å². The lowest BCUT2D eigenvalue weighted by Gasteiger charge is -2.47. The molecule has 2 aliphatic rings. The predicted molar refractivity (Wildman–Crippen MR) is 96.6 cm³/mol. The van der Waals surface area contributed by atoms with E-state index in [4.69, 9.17) is 10.5 Å². The molecule has 7 nitrogen and oxygen atoms in total. The molecule has 0 unspecified atom stereocenters. The lowest BCUT2D eigenvalue weighted by molar-refractivity contribution is 0.0814. The molecule has 2 aromatic rings. The third-order valence-electron chi connectivity index (χ3n) is 5.83. The van der Waals surface area contributed by atoms with Crippen LogP contribution in [0.5, 0.6) is 6.01 Å². The fraction of sp³-hybridized carbons (Fsp3) is 0.722. The molecule has 0 atom stereocenters. The number of hydrogen-bond donors (Lipinski definition) is 2. The van der Waals surface area contributed by atoms with Crippen molar-refractivity contribution in [2.24, 2.45) is 11.3 Å². The van der Waals surface area contributed by atoms with E-state index in [9.17, 15) is 0 Å². The summed E-state index contributed by atoms with van der Waals surface area (Å²) in [6.07, 6.45) is 10.2. The van der Waals surface area contributed by atoms with Gasteiger partial charge in [0, 0.05) is 13.1 Å². The van der Waals surface area contributed by atoms with Gasteiger partial charge in [-0.2, -0.15) is 4.98 Å². The molecule has 7 heteroatoms. The number of ether oxygens (including phenoxy) is 1. The Kier molecular flexibility index (Phi) is 4.50. The molecular formula is C18H28N6O. The molecule has 1 saturated heterocycles. The number of hydrogen-bond acceptors (Lipinski definition) is 6. The van der Waals surface area contributed by atoms with Crippen LogP contribution in [0.2, 0.25) is 0 Å². The molecule has 2 fully saturated rings. The maximum Gasteiger partial charge on any atom is 0.336 e. The molecule has 0 aromatic carbocycles. The number of nitrogens with one attached hydrogen (secondary N) is 1. The predicted octanol–water partition coefficient (Wildman–Crippen LogP) is 2.21. The number of fused-ring (bicyclic) bond motifs is 1. The Morgan fingerprint density at radius 3 is 2.84 bits per heavy atom. The summed E-state index contributed by atoms with van der Waals surface area (Å²) in [5.74, 6) is 1.09. The van der Waals surface area contributed by atoms with Crippen LogP contribution in [0.3, 0.4) is 0 Å². The first-order chi connectivity index (χ1) is 12.2. The number of nitrogens with two attached hydrogens (primary N) is 1. The molecule has 1 aliphatic carbocycles. The fourth-order valence-electron chi connectivity index (χ4n) is 4.06. The van der Waals surface area contributed by atoms with E-state index in [1.165, 1.54) is 38.8 Å². The molecule has 25 heavy (non-hydrogen) atoms. The van der Waals surface area contributed by atoms with Gasteiger partial charge in [0.1, 0.15) is 0 Å². The van der Waals surface area contributed by atoms with Gasteiger partial charge < -0.3 is 15.8 Å². The van der Waals surface area contributed by atoms with Gasteiger partial charge in [-0.05, 0) is 49.9 Å². The highest BCUT2D eigenvalue weighted by Gasteiger charge is 2.40. The highest BCUT2D eigenvalue weighted by Crippen LogP contribution is 2.42. The van der Waals surface area contributed by atoms with E-state index in [1.807, 2.05) is 10.7 Å². The average molecular weight is 344 g/mol. The molecule has 3 heterocycles. The second kappa shape index (κ2) is 6.78. The van der Waals surface area contributed by atoms with Crippen molar-refractivity contribution >= 4 is 11.5 Å². The molecular weight excluding hydrogens is 316 g/mol. The van der Waals surface area contributed by atoms with Gasteiger partial charge in [0.2, 0.25) is 0 Å². The Morgan fingerprint density at radius 2 is 2.16 bits per heavy atom. The zero-order valence-electron chi connectivity index (χ0n) is 15.0. The highest BCUT2D eigenvalue weighted by molar-refractivity contribution is 5.59. The number of nitrogens with zero attached hydrogens (tertiary/aromatic N) is 4. The van der Waals surface area contributed by atoms with Crippen LogP contribution in [0.1, 0.15) is 51.1 Å². The van der Waals surface area contributed by atoms with Gasteiger partial charge >= 0.3 is 6.01 Å². The largest absolute Gasteiger partial charge is 0.462 e. The van der Waals surface area contributed by atoms with Crippen LogP contribution in [0.4, 0.5) is 5.82 Å². The van der Waals surface area contributed by atoms with Crippen molar-refractivity contribution in [3.63, 3.8) is 0 Å². The van der Waals surface area contributed by atoms with Crippen molar-refractivity contribution in [3.8, 4) is 6.01 Å². The Bertz CT molecular complexity index is 728. The molecule has 1 saturated carbocycles. The van der Waals surface area contributed by atoms with E-state index in [0.29, 0.717) is 35.4 Å². The monoisotopic (exact) mass is 344 g/mol. The van der Waals surface area contributed by atoms with Gasteiger partial charge in [-0.15, -0.1) is 5.10 Å². The van der Waals surface area contributed by atoms with E-state index < -0.39 is 0 Å². The van der Waals surface area contributed by atoms with Crippen molar-refractivity contribution in [2.45, 2.75) is 51.9 Å². The second-order valence-corrected chi connectivity index (χ2v) is 7.72. The maximum atomic E-state index is 6.05. The summed E-state index contributed by atoms with van der Waals surface area (Å²) in [5.41, 5.74) is 8.39. The highest BCUT2D eigenvalue weighted by atomic mass is 16.5. The van der Waals surface area contributed by atoms with E-state index >= 15 is 0 Å². The molecule has 0 amide bonds. The van der Waals surface area contributed by atoms with E-state index in [0.717, 1.165) is 25.0 Å². The molecule has 1 spiro atoms. The van der Waals surface area contributed by atoms with Gasteiger partial charge in [0.05, 0.1) is 18.5 Å². The summed E-state index contributed by atoms with van der Waals surface area (Å²) in [4.78, 5) is 8.65. The first kappa shape index (κ1) is 16.6. The normalized spacial score (nSPS) is 20.0. The SMILES string of the molecule is CCCCOc1nc(N)c2ncc(CC3CCC4(CC3)CNC4)n2n1. The summed E-state index contributed by atoms with van der Waals surface area (Å²) in [6.45, 7) is 5.16. The molecule has 3 N–H and O–H groups in total. The van der Waals surface area contributed by atoms with Crippen LogP contribution in [-0.2, 0) is 6.42 Å². The van der Waals surface area contributed by atoms with Crippen molar-refractivity contribution in [3.05, 3.63) is 11.9 Å². The van der Waals surface area contributed by atoms with Crippen molar-refractivity contribution < 1.29 is 4.74 Å². The van der Waals surface area contributed by atoms with Crippen LogP contribution < -0.4 is 15.8 Å². The lowest BCUT2D eigenvalue weighted by Crippen LogP contribution is -2.54. The fourth-order valence-corrected chi connectivity index (χ4v) is 4.06. The second-order valence-electron chi connectivity index (χ2n) is 7.72. The summed E-state index contributed by atoms with van der Waals surface area (Å²) >= 11 is 0. The van der Waals surface area contributed by atoms with Gasteiger partial charge in [-0.3, -0.25) is 0 Å². The smallest absolute Gasteiger partial charge is 0.336 e. The number of unbranched alkanes of at least 4 members (excludes halogenated alkanes) is 1. The van der Waals surface area contributed by atoms with Crippen molar-refractivity contribution in [2.75, 3.05) is 25.4 Å². The number of aromatic nitrogens is 4. The van der Waals surface area contributed by atoms with Crippen LogP contribution in [-0.4, -0.2) is 39.3 Å². The van der Waals surface area contributed by atoms with E-state index in [2.05, 4.69) is 27.3 Å². The Hall–Kier alpha value is -1.89. The van der Waals surface area contributed by atoms with Crippen LogP contribution >= 0.6 is 0 Å². The Balaban J connectivity index is 1.47. The molecule has 0 bridgehead atoms. The number of nitrogen functional groups attached to an aromatic ring is 1.